The lowest BCUT2D eigenvalue weighted by molar-refractivity contribution is 0.741. The number of rotatable bonds is 5. The average Bonchev–Trinajstić information content (AvgIpc) is 2.42. The monoisotopic (exact) mass is 305 g/mol. The van der Waals surface area contributed by atoms with Gasteiger partial charge >= 0.3 is 0 Å². The molecular formula is C17H20ClNS. The zero-order valence-electron chi connectivity index (χ0n) is 11.9. The van der Waals surface area contributed by atoms with Gasteiger partial charge in [0.2, 0.25) is 0 Å². The van der Waals surface area contributed by atoms with Gasteiger partial charge in [-0.05, 0) is 49.1 Å². The van der Waals surface area contributed by atoms with Gasteiger partial charge < -0.3 is 5.73 Å². The first-order valence-corrected chi connectivity index (χ1v) is 8.12. The normalized spacial score (nSPS) is 12.4. The molecule has 0 fully saturated rings. The number of halogens is 1. The summed E-state index contributed by atoms with van der Waals surface area (Å²) in [5, 5.41) is 0.803. The van der Waals surface area contributed by atoms with Gasteiger partial charge in [0.1, 0.15) is 0 Å². The molecule has 0 amide bonds. The Morgan fingerprint density at radius 3 is 2.35 bits per heavy atom. The van der Waals surface area contributed by atoms with Gasteiger partial charge in [-0.1, -0.05) is 41.9 Å². The van der Waals surface area contributed by atoms with E-state index < -0.39 is 0 Å². The third-order valence-electron chi connectivity index (χ3n) is 3.40. The lowest BCUT2D eigenvalue weighted by atomic mass is 9.97. The Kier molecular flexibility index (Phi) is 5.53. The van der Waals surface area contributed by atoms with Crippen molar-refractivity contribution < 1.29 is 0 Å². The van der Waals surface area contributed by atoms with Crippen molar-refractivity contribution in [3.05, 3.63) is 64.2 Å². The molecule has 1 nitrogen and oxygen atoms in total. The molecule has 0 spiro atoms. The molecule has 106 valence electrons. The van der Waals surface area contributed by atoms with Crippen molar-refractivity contribution in [1.29, 1.82) is 0 Å². The Hall–Kier alpha value is -0.960. The van der Waals surface area contributed by atoms with Crippen LogP contribution < -0.4 is 5.73 Å². The van der Waals surface area contributed by atoms with E-state index in [0.29, 0.717) is 0 Å². The van der Waals surface area contributed by atoms with E-state index in [2.05, 4.69) is 32.0 Å². The van der Waals surface area contributed by atoms with E-state index >= 15 is 0 Å². The van der Waals surface area contributed by atoms with Gasteiger partial charge in [0.15, 0.2) is 0 Å². The Balaban J connectivity index is 1.96. The second kappa shape index (κ2) is 7.16. The van der Waals surface area contributed by atoms with Crippen LogP contribution in [0.3, 0.4) is 0 Å². The molecule has 2 aromatic carbocycles. The van der Waals surface area contributed by atoms with Crippen molar-refractivity contribution in [2.45, 2.75) is 31.2 Å². The third-order valence-corrected chi connectivity index (χ3v) is 5.10. The third kappa shape index (κ3) is 4.02. The lowest BCUT2D eigenvalue weighted by Gasteiger charge is -2.15. The summed E-state index contributed by atoms with van der Waals surface area (Å²) in [5.74, 6) is 0.873. The molecule has 1 atom stereocenters. The standard InChI is InChI=1S/C17H20ClNS/c1-12-6-5-7-13(2)15(12)10-14(19)11-20-17-9-4-3-8-16(17)18/h3-9,14H,10-11,19H2,1-2H3. The largest absolute Gasteiger partial charge is 0.327 e. The molecule has 20 heavy (non-hydrogen) atoms. The minimum absolute atomic E-state index is 0.135. The fourth-order valence-corrected chi connectivity index (χ4v) is 3.44. The van der Waals surface area contributed by atoms with Gasteiger partial charge in [-0.2, -0.15) is 0 Å². The number of nitrogens with two attached hydrogens (primary N) is 1. The number of hydrogen-bond acceptors (Lipinski definition) is 2. The molecule has 3 heteroatoms. The van der Waals surface area contributed by atoms with Crippen LogP contribution in [0.25, 0.3) is 0 Å². The minimum atomic E-state index is 0.135. The summed E-state index contributed by atoms with van der Waals surface area (Å²) in [4.78, 5) is 1.10. The molecule has 0 aliphatic rings. The van der Waals surface area contributed by atoms with E-state index in [9.17, 15) is 0 Å². The predicted molar refractivity (Wildman–Crippen MR) is 89.8 cm³/mol. The quantitative estimate of drug-likeness (QED) is 0.816. The van der Waals surface area contributed by atoms with Crippen LogP contribution in [0.4, 0.5) is 0 Å². The average molecular weight is 306 g/mol. The molecule has 1 unspecified atom stereocenters. The molecule has 0 bridgehead atoms. The summed E-state index contributed by atoms with van der Waals surface area (Å²) in [6.07, 6.45) is 0.913. The highest BCUT2D eigenvalue weighted by atomic mass is 35.5. The first-order valence-electron chi connectivity index (χ1n) is 6.76. The first-order chi connectivity index (χ1) is 9.58. The predicted octanol–water partition coefficient (Wildman–Crippen LogP) is 4.62. The molecule has 0 saturated carbocycles. The fraction of sp³-hybridized carbons (Fsp3) is 0.294. The van der Waals surface area contributed by atoms with Crippen molar-refractivity contribution in [2.75, 3.05) is 5.75 Å². The lowest BCUT2D eigenvalue weighted by Crippen LogP contribution is -2.26. The summed E-state index contributed by atoms with van der Waals surface area (Å²) in [6, 6.07) is 14.4. The summed E-state index contributed by atoms with van der Waals surface area (Å²) in [5.41, 5.74) is 10.3. The molecule has 0 saturated heterocycles. The Morgan fingerprint density at radius 1 is 1.05 bits per heavy atom. The van der Waals surface area contributed by atoms with Crippen LogP contribution in [-0.4, -0.2) is 11.8 Å². The maximum absolute atomic E-state index is 6.28. The van der Waals surface area contributed by atoms with Crippen molar-refractivity contribution in [3.63, 3.8) is 0 Å². The number of thioether (sulfide) groups is 1. The molecular weight excluding hydrogens is 286 g/mol. The summed E-state index contributed by atoms with van der Waals surface area (Å²) in [6.45, 7) is 4.30. The van der Waals surface area contributed by atoms with E-state index in [0.717, 1.165) is 22.1 Å². The van der Waals surface area contributed by atoms with Crippen molar-refractivity contribution in [1.82, 2.24) is 0 Å². The van der Waals surface area contributed by atoms with Crippen molar-refractivity contribution in [2.24, 2.45) is 5.73 Å². The minimum Gasteiger partial charge on any atom is -0.327 e. The van der Waals surface area contributed by atoms with Crippen LogP contribution in [0.15, 0.2) is 47.4 Å². The maximum Gasteiger partial charge on any atom is 0.0541 e. The summed E-state index contributed by atoms with van der Waals surface area (Å²) in [7, 11) is 0. The van der Waals surface area contributed by atoms with Crippen LogP contribution in [0.2, 0.25) is 5.02 Å². The van der Waals surface area contributed by atoms with Crippen LogP contribution in [-0.2, 0) is 6.42 Å². The maximum atomic E-state index is 6.28. The Bertz CT molecular complexity index is 563. The number of hydrogen-bond donors (Lipinski definition) is 1. The van der Waals surface area contributed by atoms with Crippen LogP contribution >= 0.6 is 23.4 Å². The van der Waals surface area contributed by atoms with Crippen LogP contribution in [0.5, 0.6) is 0 Å². The SMILES string of the molecule is Cc1cccc(C)c1CC(N)CSc1ccccc1Cl. The van der Waals surface area contributed by atoms with E-state index in [4.69, 9.17) is 17.3 Å². The first kappa shape index (κ1) is 15.4. The van der Waals surface area contributed by atoms with Gasteiger partial charge in [-0.15, -0.1) is 11.8 Å². The topological polar surface area (TPSA) is 26.0 Å². The zero-order chi connectivity index (χ0) is 14.5. The van der Waals surface area contributed by atoms with Crippen LogP contribution in [0.1, 0.15) is 16.7 Å². The Morgan fingerprint density at radius 2 is 1.70 bits per heavy atom. The van der Waals surface area contributed by atoms with Crippen LogP contribution in [0, 0.1) is 13.8 Å². The smallest absolute Gasteiger partial charge is 0.0541 e. The molecule has 0 aromatic heterocycles. The molecule has 0 radical (unpaired) electrons. The summed E-state index contributed by atoms with van der Waals surface area (Å²) >= 11 is 7.89. The van der Waals surface area contributed by atoms with Gasteiger partial charge in [-0.25, -0.2) is 0 Å². The highest BCUT2D eigenvalue weighted by Gasteiger charge is 2.10. The molecule has 0 aliphatic carbocycles. The molecule has 0 heterocycles. The Labute approximate surface area is 130 Å². The molecule has 2 rings (SSSR count). The zero-order valence-corrected chi connectivity index (χ0v) is 13.5. The second-order valence-corrected chi connectivity index (χ2v) is 6.55. The highest BCUT2D eigenvalue weighted by Crippen LogP contribution is 2.27. The second-order valence-electron chi connectivity index (χ2n) is 5.08. The van der Waals surface area contributed by atoms with Gasteiger partial charge in [0.25, 0.3) is 0 Å². The van der Waals surface area contributed by atoms with Gasteiger partial charge in [-0.3, -0.25) is 0 Å². The number of benzene rings is 2. The van der Waals surface area contributed by atoms with E-state index in [1.165, 1.54) is 16.7 Å². The number of aryl methyl sites for hydroxylation is 2. The van der Waals surface area contributed by atoms with E-state index in [1.807, 2.05) is 24.3 Å². The van der Waals surface area contributed by atoms with Crippen molar-refractivity contribution in [3.8, 4) is 0 Å². The van der Waals surface area contributed by atoms with Gasteiger partial charge in [0.05, 0.1) is 5.02 Å². The molecule has 2 N–H and O–H groups in total. The highest BCUT2D eigenvalue weighted by molar-refractivity contribution is 7.99. The molecule has 2 aromatic rings. The summed E-state index contributed by atoms with van der Waals surface area (Å²) < 4.78 is 0. The molecule has 0 aliphatic heterocycles. The fourth-order valence-electron chi connectivity index (χ4n) is 2.25. The van der Waals surface area contributed by atoms with E-state index in [1.54, 1.807) is 11.8 Å². The van der Waals surface area contributed by atoms with E-state index in [-0.39, 0.29) is 6.04 Å². The van der Waals surface area contributed by atoms with Crippen molar-refractivity contribution >= 4 is 23.4 Å². The van der Waals surface area contributed by atoms with Gasteiger partial charge in [0, 0.05) is 16.7 Å².